The fourth-order valence-corrected chi connectivity index (χ4v) is 3.73. The standard InChI is InChI=1S/C16H15BrFN3O2/c1-16(3-2-4-23-8-16)21-14-9-5-10(17)11(18)6-12(9)19-7-13(14)20-15(21)22/h5-7H,2-4,8H2,1H3,(H,20,22). The molecule has 0 radical (unpaired) electrons. The highest BCUT2D eigenvalue weighted by molar-refractivity contribution is 9.10. The van der Waals surface area contributed by atoms with E-state index in [9.17, 15) is 9.18 Å². The van der Waals surface area contributed by atoms with Gasteiger partial charge < -0.3 is 9.72 Å². The number of nitrogens with zero attached hydrogens (tertiary/aromatic N) is 2. The Morgan fingerprint density at radius 2 is 2.30 bits per heavy atom. The Morgan fingerprint density at radius 3 is 3.04 bits per heavy atom. The molecule has 0 amide bonds. The molecule has 5 nitrogen and oxygen atoms in total. The van der Waals surface area contributed by atoms with E-state index in [1.54, 1.807) is 16.8 Å². The lowest BCUT2D eigenvalue weighted by Gasteiger charge is -2.34. The predicted molar refractivity (Wildman–Crippen MR) is 89.2 cm³/mol. The molecule has 3 aromatic rings. The zero-order chi connectivity index (χ0) is 16.2. The van der Waals surface area contributed by atoms with Crippen LogP contribution in [0.25, 0.3) is 21.9 Å². The van der Waals surface area contributed by atoms with Gasteiger partial charge in [-0.05, 0) is 41.8 Å². The van der Waals surface area contributed by atoms with Crippen LogP contribution in [0.1, 0.15) is 19.8 Å². The molecule has 1 saturated heterocycles. The lowest BCUT2D eigenvalue weighted by atomic mass is 9.94. The van der Waals surface area contributed by atoms with Crippen LogP contribution in [-0.2, 0) is 10.3 Å². The van der Waals surface area contributed by atoms with E-state index < -0.39 is 5.54 Å². The van der Waals surface area contributed by atoms with E-state index in [0.717, 1.165) is 23.7 Å². The number of benzene rings is 1. The normalized spacial score (nSPS) is 22.0. The van der Waals surface area contributed by atoms with Crippen molar-refractivity contribution in [3.63, 3.8) is 0 Å². The average Bonchev–Trinajstić information content (AvgIpc) is 2.86. The molecule has 1 aliphatic heterocycles. The van der Waals surface area contributed by atoms with Gasteiger partial charge in [0.25, 0.3) is 0 Å². The topological polar surface area (TPSA) is 59.9 Å². The van der Waals surface area contributed by atoms with Crippen molar-refractivity contribution in [1.82, 2.24) is 14.5 Å². The van der Waals surface area contributed by atoms with Crippen molar-refractivity contribution in [1.29, 1.82) is 0 Å². The van der Waals surface area contributed by atoms with Gasteiger partial charge >= 0.3 is 5.69 Å². The fourth-order valence-electron chi connectivity index (χ4n) is 3.39. The maximum Gasteiger partial charge on any atom is 0.327 e. The van der Waals surface area contributed by atoms with Crippen molar-refractivity contribution < 1.29 is 9.13 Å². The Kier molecular flexibility index (Phi) is 3.32. The summed E-state index contributed by atoms with van der Waals surface area (Å²) in [5, 5.41) is 0.737. The zero-order valence-corrected chi connectivity index (χ0v) is 14.1. The maximum atomic E-state index is 13.8. The molecule has 1 aromatic carbocycles. The van der Waals surface area contributed by atoms with Crippen LogP contribution < -0.4 is 5.69 Å². The molecular weight excluding hydrogens is 365 g/mol. The molecule has 2 aromatic heterocycles. The summed E-state index contributed by atoms with van der Waals surface area (Å²) in [5.41, 5.74) is 1.29. The minimum atomic E-state index is -0.428. The summed E-state index contributed by atoms with van der Waals surface area (Å²) in [7, 11) is 0. The van der Waals surface area contributed by atoms with Crippen molar-refractivity contribution >= 4 is 37.9 Å². The van der Waals surface area contributed by atoms with Crippen LogP contribution in [0.3, 0.4) is 0 Å². The lowest BCUT2D eigenvalue weighted by Crippen LogP contribution is -2.43. The van der Waals surface area contributed by atoms with Gasteiger partial charge in [-0.1, -0.05) is 0 Å². The minimum Gasteiger partial charge on any atom is -0.379 e. The number of hydrogen-bond donors (Lipinski definition) is 1. The third kappa shape index (κ3) is 2.21. The third-order valence-corrected chi connectivity index (χ3v) is 5.11. The zero-order valence-electron chi connectivity index (χ0n) is 12.5. The third-order valence-electron chi connectivity index (χ3n) is 4.51. The van der Waals surface area contributed by atoms with Crippen molar-refractivity contribution in [3.8, 4) is 0 Å². The summed E-state index contributed by atoms with van der Waals surface area (Å²) in [5.74, 6) is -0.374. The van der Waals surface area contributed by atoms with Gasteiger partial charge in [0, 0.05) is 18.1 Å². The van der Waals surface area contributed by atoms with Crippen LogP contribution in [0, 0.1) is 5.82 Å². The van der Waals surface area contributed by atoms with Crippen LogP contribution in [0.2, 0.25) is 0 Å². The summed E-state index contributed by atoms with van der Waals surface area (Å²) in [6.07, 6.45) is 3.33. The number of aromatic nitrogens is 3. The van der Waals surface area contributed by atoms with Gasteiger partial charge in [-0.15, -0.1) is 0 Å². The van der Waals surface area contributed by atoms with Crippen LogP contribution in [0.15, 0.2) is 27.6 Å². The first-order valence-corrected chi connectivity index (χ1v) is 8.26. The summed E-state index contributed by atoms with van der Waals surface area (Å²) in [4.78, 5) is 19.7. The fraction of sp³-hybridized carbons (Fsp3) is 0.375. The number of H-pyrrole nitrogens is 1. The number of nitrogens with one attached hydrogen (secondary N) is 1. The van der Waals surface area contributed by atoms with Crippen molar-refractivity contribution in [2.75, 3.05) is 13.2 Å². The summed E-state index contributed by atoms with van der Waals surface area (Å²) in [6, 6.07) is 3.05. The number of ether oxygens (including phenoxy) is 1. The number of aromatic amines is 1. The molecular formula is C16H15BrFN3O2. The minimum absolute atomic E-state index is 0.192. The van der Waals surface area contributed by atoms with Crippen LogP contribution in [-0.4, -0.2) is 27.7 Å². The number of halogens is 2. The molecule has 1 aliphatic rings. The molecule has 1 N–H and O–H groups in total. The molecule has 23 heavy (non-hydrogen) atoms. The van der Waals surface area contributed by atoms with Gasteiger partial charge in [0.2, 0.25) is 0 Å². The van der Waals surface area contributed by atoms with Crippen molar-refractivity contribution in [3.05, 3.63) is 39.1 Å². The van der Waals surface area contributed by atoms with Crippen LogP contribution >= 0.6 is 15.9 Å². The summed E-state index contributed by atoms with van der Waals surface area (Å²) in [6.45, 7) is 3.21. The number of pyridine rings is 1. The molecule has 0 aliphatic carbocycles. The second-order valence-electron chi connectivity index (χ2n) is 6.22. The second-order valence-corrected chi connectivity index (χ2v) is 7.08. The average molecular weight is 380 g/mol. The Hall–Kier alpha value is -1.73. The highest BCUT2D eigenvalue weighted by Gasteiger charge is 2.33. The van der Waals surface area contributed by atoms with Crippen LogP contribution in [0.4, 0.5) is 4.39 Å². The highest BCUT2D eigenvalue weighted by Crippen LogP contribution is 2.33. The van der Waals surface area contributed by atoms with Crippen molar-refractivity contribution in [2.24, 2.45) is 0 Å². The van der Waals surface area contributed by atoms with Crippen LogP contribution in [0.5, 0.6) is 0 Å². The number of rotatable bonds is 1. The quantitative estimate of drug-likeness (QED) is 0.705. The van der Waals surface area contributed by atoms with Gasteiger partial charge in [-0.2, -0.15) is 0 Å². The first-order valence-electron chi connectivity index (χ1n) is 7.46. The maximum absolute atomic E-state index is 13.8. The molecule has 120 valence electrons. The number of hydrogen-bond acceptors (Lipinski definition) is 3. The van der Waals surface area contributed by atoms with E-state index in [-0.39, 0.29) is 11.5 Å². The molecule has 1 fully saturated rings. The summed E-state index contributed by atoms with van der Waals surface area (Å²) >= 11 is 3.22. The smallest absolute Gasteiger partial charge is 0.327 e. The van der Waals surface area contributed by atoms with Gasteiger partial charge in [-0.25, -0.2) is 9.18 Å². The first kappa shape index (κ1) is 14.8. The molecule has 3 heterocycles. The lowest BCUT2D eigenvalue weighted by molar-refractivity contribution is 0.0101. The Morgan fingerprint density at radius 1 is 1.48 bits per heavy atom. The Labute approximate surface area is 139 Å². The molecule has 0 saturated carbocycles. The largest absolute Gasteiger partial charge is 0.379 e. The van der Waals surface area contributed by atoms with Gasteiger partial charge in [0.05, 0.1) is 39.4 Å². The van der Waals surface area contributed by atoms with Gasteiger partial charge in [0.15, 0.2) is 0 Å². The molecule has 1 atom stereocenters. The van der Waals surface area contributed by atoms with E-state index in [1.165, 1.54) is 6.07 Å². The molecule has 0 bridgehead atoms. The molecule has 1 unspecified atom stereocenters. The van der Waals surface area contributed by atoms with Gasteiger partial charge in [-0.3, -0.25) is 9.55 Å². The Balaban J connectivity index is 2.11. The van der Waals surface area contributed by atoms with Crippen molar-refractivity contribution in [2.45, 2.75) is 25.3 Å². The number of imidazole rings is 1. The Bertz CT molecular complexity index is 973. The first-order chi connectivity index (χ1) is 11.0. The highest BCUT2D eigenvalue weighted by atomic mass is 79.9. The van der Waals surface area contributed by atoms with E-state index >= 15 is 0 Å². The number of fused-ring (bicyclic) bond motifs is 3. The monoisotopic (exact) mass is 379 g/mol. The SMILES string of the molecule is CC1(n2c(=O)[nH]c3cnc4cc(F)c(Br)cc4c32)CCCOC1. The molecule has 0 spiro atoms. The second kappa shape index (κ2) is 5.14. The van der Waals surface area contributed by atoms with E-state index in [2.05, 4.69) is 25.9 Å². The van der Waals surface area contributed by atoms with E-state index in [1.807, 2.05) is 6.92 Å². The predicted octanol–water partition coefficient (Wildman–Crippen LogP) is 3.31. The van der Waals surface area contributed by atoms with E-state index in [0.29, 0.717) is 28.7 Å². The van der Waals surface area contributed by atoms with Gasteiger partial charge in [0.1, 0.15) is 5.82 Å². The van der Waals surface area contributed by atoms with E-state index in [4.69, 9.17) is 4.74 Å². The molecule has 4 rings (SSSR count). The molecule has 7 heteroatoms. The summed E-state index contributed by atoms with van der Waals surface area (Å²) < 4.78 is 21.5.